The van der Waals surface area contributed by atoms with Crippen molar-refractivity contribution in [1.82, 2.24) is 10.3 Å². The number of thiazole rings is 1. The minimum Gasteiger partial charge on any atom is -0.309 e. The van der Waals surface area contributed by atoms with Crippen LogP contribution < -0.4 is 5.32 Å². The Hall–Kier alpha value is -0.670. The fourth-order valence-electron chi connectivity index (χ4n) is 1.19. The van der Waals surface area contributed by atoms with Crippen molar-refractivity contribution in [1.29, 1.82) is 0 Å². The van der Waals surface area contributed by atoms with Crippen LogP contribution in [0.15, 0.2) is 17.7 Å². The average molecular weight is 182 g/mol. The molecule has 0 aliphatic heterocycles. The van der Waals surface area contributed by atoms with Gasteiger partial charge in [-0.15, -0.1) is 11.3 Å². The van der Waals surface area contributed by atoms with Gasteiger partial charge in [0, 0.05) is 4.88 Å². The number of likely N-dealkylation sites (N-methyl/N-ethyl adjacent to an activating group) is 1. The number of aromatic nitrogens is 1. The molecule has 66 valence electrons. The number of hydrogen-bond acceptors (Lipinski definition) is 3. The van der Waals surface area contributed by atoms with Crippen molar-refractivity contribution in [2.24, 2.45) is 0 Å². The molecule has 1 heterocycles. The predicted molar refractivity (Wildman–Crippen MR) is 53.5 cm³/mol. The van der Waals surface area contributed by atoms with Crippen LogP contribution in [0.2, 0.25) is 0 Å². The van der Waals surface area contributed by atoms with Crippen LogP contribution in [0, 0.1) is 6.92 Å². The molecule has 0 aliphatic carbocycles. The second-order valence-corrected chi connectivity index (χ2v) is 3.76. The highest BCUT2D eigenvalue weighted by Gasteiger charge is 2.13. The third-order valence-electron chi connectivity index (χ3n) is 1.83. The highest BCUT2D eigenvalue weighted by molar-refractivity contribution is 7.09. The number of aryl methyl sites for hydroxylation is 1. The molecule has 0 aliphatic rings. The second kappa shape index (κ2) is 3.83. The van der Waals surface area contributed by atoms with Gasteiger partial charge in [-0.05, 0) is 20.9 Å². The summed E-state index contributed by atoms with van der Waals surface area (Å²) in [5.74, 6) is 0. The number of nitrogens with one attached hydrogen (secondary N) is 1. The van der Waals surface area contributed by atoms with Gasteiger partial charge in [0.25, 0.3) is 0 Å². The minimum atomic E-state index is 0.262. The average Bonchev–Trinajstić information content (AvgIpc) is 2.38. The molecule has 0 spiro atoms. The van der Waals surface area contributed by atoms with Crippen molar-refractivity contribution < 1.29 is 0 Å². The van der Waals surface area contributed by atoms with Crippen molar-refractivity contribution >= 4 is 11.3 Å². The van der Waals surface area contributed by atoms with Crippen LogP contribution >= 0.6 is 11.3 Å². The quantitative estimate of drug-likeness (QED) is 0.725. The molecule has 1 N–H and O–H groups in total. The zero-order valence-electron chi connectivity index (χ0n) is 7.72. The zero-order chi connectivity index (χ0) is 9.14. The highest BCUT2D eigenvalue weighted by atomic mass is 32.1. The lowest BCUT2D eigenvalue weighted by Gasteiger charge is -2.14. The van der Waals surface area contributed by atoms with Gasteiger partial charge >= 0.3 is 0 Å². The number of nitrogens with zero attached hydrogens (tertiary/aromatic N) is 1. The molecule has 1 unspecified atom stereocenters. The van der Waals surface area contributed by atoms with E-state index in [2.05, 4.69) is 16.9 Å². The Morgan fingerprint density at radius 1 is 1.75 bits per heavy atom. The Kier molecular flexibility index (Phi) is 3.00. The smallest absolute Gasteiger partial charge is 0.0798 e. The molecular weight excluding hydrogens is 168 g/mol. The van der Waals surface area contributed by atoms with E-state index < -0.39 is 0 Å². The van der Waals surface area contributed by atoms with E-state index in [1.807, 2.05) is 26.4 Å². The van der Waals surface area contributed by atoms with Crippen LogP contribution in [0.4, 0.5) is 0 Å². The Labute approximate surface area is 77.3 Å². The molecule has 0 saturated carbocycles. The standard InChI is InChI=1S/C9H14N2S/c1-6(2)8(10-4)9-7(3)11-5-12-9/h5,8,10H,1H2,2-4H3. The Bertz CT molecular complexity index is 278. The van der Waals surface area contributed by atoms with Crippen LogP contribution in [0.1, 0.15) is 23.5 Å². The van der Waals surface area contributed by atoms with Crippen molar-refractivity contribution in [3.05, 3.63) is 28.2 Å². The summed E-state index contributed by atoms with van der Waals surface area (Å²) in [6.45, 7) is 7.99. The molecule has 1 aromatic rings. The number of rotatable bonds is 3. The largest absolute Gasteiger partial charge is 0.309 e. The van der Waals surface area contributed by atoms with Crippen LogP contribution in [-0.2, 0) is 0 Å². The summed E-state index contributed by atoms with van der Waals surface area (Å²) in [5, 5.41) is 3.22. The lowest BCUT2D eigenvalue weighted by Crippen LogP contribution is -2.16. The van der Waals surface area contributed by atoms with Gasteiger partial charge in [-0.25, -0.2) is 4.98 Å². The molecule has 12 heavy (non-hydrogen) atoms. The predicted octanol–water partition coefficient (Wildman–Crippen LogP) is 2.29. The van der Waals surface area contributed by atoms with Gasteiger partial charge in [0.2, 0.25) is 0 Å². The fourth-order valence-corrected chi connectivity index (χ4v) is 2.19. The summed E-state index contributed by atoms with van der Waals surface area (Å²) in [6.07, 6.45) is 0. The highest BCUT2D eigenvalue weighted by Crippen LogP contribution is 2.25. The fraction of sp³-hybridized carbons (Fsp3) is 0.444. The van der Waals surface area contributed by atoms with E-state index in [-0.39, 0.29) is 6.04 Å². The first kappa shape index (κ1) is 9.42. The molecule has 1 aromatic heterocycles. The van der Waals surface area contributed by atoms with Crippen LogP contribution in [0.3, 0.4) is 0 Å². The molecule has 0 saturated heterocycles. The van der Waals surface area contributed by atoms with Crippen molar-refractivity contribution in [3.63, 3.8) is 0 Å². The normalized spacial score (nSPS) is 12.9. The molecule has 0 radical (unpaired) electrons. The second-order valence-electron chi connectivity index (χ2n) is 2.87. The first-order valence-electron chi connectivity index (χ1n) is 3.89. The number of hydrogen-bond donors (Lipinski definition) is 1. The molecule has 3 heteroatoms. The Morgan fingerprint density at radius 2 is 2.42 bits per heavy atom. The van der Waals surface area contributed by atoms with E-state index in [1.54, 1.807) is 11.3 Å². The molecule has 1 rings (SSSR count). The van der Waals surface area contributed by atoms with Gasteiger partial charge in [-0.3, -0.25) is 0 Å². The summed E-state index contributed by atoms with van der Waals surface area (Å²) in [6, 6.07) is 0.262. The van der Waals surface area contributed by atoms with Crippen LogP contribution in [0.25, 0.3) is 0 Å². The maximum absolute atomic E-state index is 4.21. The third-order valence-corrected chi connectivity index (χ3v) is 2.82. The molecule has 1 atom stereocenters. The van der Waals surface area contributed by atoms with Gasteiger partial charge in [-0.2, -0.15) is 0 Å². The monoisotopic (exact) mass is 182 g/mol. The van der Waals surface area contributed by atoms with Gasteiger partial charge in [0.05, 0.1) is 17.2 Å². The Balaban J connectivity index is 2.94. The summed E-state index contributed by atoms with van der Waals surface area (Å²) >= 11 is 1.68. The topological polar surface area (TPSA) is 24.9 Å². The zero-order valence-corrected chi connectivity index (χ0v) is 8.53. The first-order valence-corrected chi connectivity index (χ1v) is 4.77. The molecule has 0 bridgehead atoms. The van der Waals surface area contributed by atoms with Gasteiger partial charge in [-0.1, -0.05) is 12.2 Å². The van der Waals surface area contributed by atoms with Gasteiger partial charge in [0.1, 0.15) is 0 Å². The maximum atomic E-state index is 4.21. The van der Waals surface area contributed by atoms with E-state index in [1.165, 1.54) is 4.88 Å². The molecule has 0 fully saturated rings. The van der Waals surface area contributed by atoms with Gasteiger partial charge < -0.3 is 5.32 Å². The summed E-state index contributed by atoms with van der Waals surface area (Å²) < 4.78 is 0. The summed E-state index contributed by atoms with van der Waals surface area (Å²) in [5.41, 5.74) is 4.10. The van der Waals surface area contributed by atoms with Crippen molar-refractivity contribution in [3.8, 4) is 0 Å². The maximum Gasteiger partial charge on any atom is 0.0798 e. The summed E-state index contributed by atoms with van der Waals surface area (Å²) in [7, 11) is 1.94. The lowest BCUT2D eigenvalue weighted by molar-refractivity contribution is 0.686. The SMILES string of the molecule is C=C(C)C(NC)c1scnc1C. The first-order chi connectivity index (χ1) is 5.66. The van der Waals surface area contributed by atoms with E-state index in [0.29, 0.717) is 0 Å². The summed E-state index contributed by atoms with van der Waals surface area (Å²) in [4.78, 5) is 5.47. The molecule has 0 amide bonds. The minimum absolute atomic E-state index is 0.262. The van der Waals surface area contributed by atoms with Crippen molar-refractivity contribution in [2.45, 2.75) is 19.9 Å². The molecule has 0 aromatic carbocycles. The van der Waals surface area contributed by atoms with Gasteiger partial charge in [0.15, 0.2) is 0 Å². The van der Waals surface area contributed by atoms with E-state index in [9.17, 15) is 0 Å². The van der Waals surface area contributed by atoms with Crippen LogP contribution in [0.5, 0.6) is 0 Å². The van der Waals surface area contributed by atoms with E-state index in [4.69, 9.17) is 0 Å². The molecular formula is C9H14N2S. The van der Waals surface area contributed by atoms with Crippen LogP contribution in [-0.4, -0.2) is 12.0 Å². The third kappa shape index (κ3) is 1.73. The van der Waals surface area contributed by atoms with E-state index in [0.717, 1.165) is 11.3 Å². The van der Waals surface area contributed by atoms with E-state index >= 15 is 0 Å². The Morgan fingerprint density at radius 3 is 2.75 bits per heavy atom. The van der Waals surface area contributed by atoms with Crippen molar-refractivity contribution in [2.75, 3.05) is 7.05 Å². The molecule has 2 nitrogen and oxygen atoms in total. The lowest BCUT2D eigenvalue weighted by atomic mass is 10.1.